The summed E-state index contributed by atoms with van der Waals surface area (Å²) < 4.78 is 43.4. The van der Waals surface area contributed by atoms with Crippen molar-refractivity contribution in [2.75, 3.05) is 13.2 Å². The molecule has 2 rings (SSSR count). The lowest BCUT2D eigenvalue weighted by Crippen LogP contribution is -2.30. The number of halogens is 1. The second-order valence-electron chi connectivity index (χ2n) is 4.75. The molecule has 1 heterocycles. The fraction of sp³-hybridized carbons (Fsp3) is 0.538. The highest BCUT2D eigenvalue weighted by atomic mass is 32.2. The first-order valence-electron chi connectivity index (χ1n) is 6.29. The van der Waals surface area contributed by atoms with Crippen LogP contribution >= 0.6 is 0 Å². The van der Waals surface area contributed by atoms with Gasteiger partial charge in [-0.15, -0.1) is 0 Å². The van der Waals surface area contributed by atoms with E-state index in [1.165, 1.54) is 12.1 Å². The van der Waals surface area contributed by atoms with E-state index in [1.54, 1.807) is 6.07 Å². The van der Waals surface area contributed by atoms with Crippen molar-refractivity contribution in [3.63, 3.8) is 0 Å². The van der Waals surface area contributed by atoms with E-state index in [0.717, 1.165) is 0 Å². The summed E-state index contributed by atoms with van der Waals surface area (Å²) in [5.74, 6) is -0.757. The molecule has 0 bridgehead atoms. The first-order chi connectivity index (χ1) is 9.03. The molecule has 0 radical (unpaired) electrons. The molecule has 1 aliphatic rings. The van der Waals surface area contributed by atoms with Crippen LogP contribution in [0.25, 0.3) is 0 Å². The zero-order valence-corrected chi connectivity index (χ0v) is 11.5. The quantitative estimate of drug-likeness (QED) is 0.908. The molecule has 0 saturated carbocycles. The van der Waals surface area contributed by atoms with E-state index in [1.807, 2.05) is 0 Å². The molecular formula is C13H18FNO3S. The van der Waals surface area contributed by atoms with E-state index in [4.69, 9.17) is 10.5 Å². The van der Waals surface area contributed by atoms with Gasteiger partial charge in [-0.1, -0.05) is 12.1 Å². The molecule has 1 aromatic rings. The van der Waals surface area contributed by atoms with Gasteiger partial charge in [0.05, 0.1) is 11.0 Å². The van der Waals surface area contributed by atoms with Crippen LogP contribution in [0.4, 0.5) is 4.39 Å². The fourth-order valence-electron chi connectivity index (χ4n) is 2.20. The Balaban J connectivity index is 2.15. The Morgan fingerprint density at radius 2 is 2.00 bits per heavy atom. The molecular weight excluding hydrogens is 269 g/mol. The molecule has 1 aliphatic heterocycles. The monoisotopic (exact) mass is 287 g/mol. The highest BCUT2D eigenvalue weighted by Gasteiger charge is 2.28. The minimum atomic E-state index is -3.33. The topological polar surface area (TPSA) is 69.4 Å². The number of ether oxygens (including phenoxy) is 1. The van der Waals surface area contributed by atoms with Gasteiger partial charge >= 0.3 is 0 Å². The third kappa shape index (κ3) is 3.52. The van der Waals surface area contributed by atoms with Gasteiger partial charge in [0.15, 0.2) is 9.84 Å². The Bertz CT molecular complexity index is 539. The lowest BCUT2D eigenvalue weighted by atomic mass is 10.1. The average molecular weight is 287 g/mol. The lowest BCUT2D eigenvalue weighted by Gasteiger charge is -2.22. The van der Waals surface area contributed by atoms with Gasteiger partial charge in [0, 0.05) is 25.3 Å². The van der Waals surface area contributed by atoms with E-state index >= 15 is 0 Å². The summed E-state index contributed by atoms with van der Waals surface area (Å²) in [4.78, 5) is 0. The summed E-state index contributed by atoms with van der Waals surface area (Å²) in [6.07, 6.45) is 0.982. The number of hydrogen-bond donors (Lipinski definition) is 1. The van der Waals surface area contributed by atoms with Crippen molar-refractivity contribution in [1.82, 2.24) is 0 Å². The Hall–Kier alpha value is -0.980. The van der Waals surface area contributed by atoms with Gasteiger partial charge in [-0.3, -0.25) is 0 Å². The molecule has 1 fully saturated rings. The van der Waals surface area contributed by atoms with Gasteiger partial charge in [-0.2, -0.15) is 0 Å². The van der Waals surface area contributed by atoms with Crippen LogP contribution in [-0.2, 0) is 26.9 Å². The van der Waals surface area contributed by atoms with Crippen molar-refractivity contribution < 1.29 is 17.5 Å². The standard InChI is InChI=1S/C13H18FNO3S/c14-13-7-10(8-15)1-2-11(13)9-19(16,17)12-3-5-18-6-4-12/h1-2,7,12H,3-6,8-9,15H2. The number of benzene rings is 1. The molecule has 0 amide bonds. The van der Waals surface area contributed by atoms with Crippen LogP contribution in [0.2, 0.25) is 0 Å². The summed E-state index contributed by atoms with van der Waals surface area (Å²) in [7, 11) is -3.33. The predicted molar refractivity (Wildman–Crippen MR) is 70.8 cm³/mol. The van der Waals surface area contributed by atoms with Crippen molar-refractivity contribution in [3.05, 3.63) is 35.1 Å². The van der Waals surface area contributed by atoms with Gasteiger partial charge in [0.25, 0.3) is 0 Å². The minimum Gasteiger partial charge on any atom is -0.381 e. The molecule has 1 saturated heterocycles. The van der Waals surface area contributed by atoms with Crippen LogP contribution in [-0.4, -0.2) is 26.9 Å². The molecule has 106 valence electrons. The van der Waals surface area contributed by atoms with E-state index in [0.29, 0.717) is 31.6 Å². The van der Waals surface area contributed by atoms with Gasteiger partial charge in [0.2, 0.25) is 0 Å². The molecule has 6 heteroatoms. The van der Waals surface area contributed by atoms with Crippen molar-refractivity contribution in [2.45, 2.75) is 30.4 Å². The zero-order chi connectivity index (χ0) is 13.9. The third-order valence-electron chi connectivity index (χ3n) is 3.39. The largest absolute Gasteiger partial charge is 0.381 e. The van der Waals surface area contributed by atoms with Crippen LogP contribution in [0, 0.1) is 5.82 Å². The second-order valence-corrected chi connectivity index (χ2v) is 7.03. The van der Waals surface area contributed by atoms with Crippen molar-refractivity contribution >= 4 is 9.84 Å². The second kappa shape index (κ2) is 5.98. The predicted octanol–water partition coefficient (Wildman–Crippen LogP) is 1.38. The molecule has 0 aliphatic carbocycles. The molecule has 2 N–H and O–H groups in total. The normalized spacial score (nSPS) is 17.6. The van der Waals surface area contributed by atoms with E-state index in [2.05, 4.69) is 0 Å². The molecule has 4 nitrogen and oxygen atoms in total. The molecule has 0 spiro atoms. The highest BCUT2D eigenvalue weighted by Crippen LogP contribution is 2.21. The number of nitrogens with two attached hydrogens (primary N) is 1. The van der Waals surface area contributed by atoms with Crippen LogP contribution in [0.1, 0.15) is 24.0 Å². The maximum atomic E-state index is 13.8. The Labute approximate surface area is 112 Å². The van der Waals surface area contributed by atoms with E-state index < -0.39 is 20.9 Å². The van der Waals surface area contributed by atoms with Crippen molar-refractivity contribution in [1.29, 1.82) is 0 Å². The summed E-state index contributed by atoms with van der Waals surface area (Å²) in [5, 5.41) is -0.421. The Morgan fingerprint density at radius 3 is 2.58 bits per heavy atom. The third-order valence-corrected chi connectivity index (χ3v) is 5.59. The van der Waals surface area contributed by atoms with Crippen LogP contribution in [0.15, 0.2) is 18.2 Å². The van der Waals surface area contributed by atoms with Gasteiger partial charge in [0.1, 0.15) is 5.82 Å². The zero-order valence-electron chi connectivity index (χ0n) is 10.6. The number of sulfone groups is 1. The van der Waals surface area contributed by atoms with Crippen LogP contribution in [0.3, 0.4) is 0 Å². The maximum absolute atomic E-state index is 13.8. The first-order valence-corrected chi connectivity index (χ1v) is 8.01. The van der Waals surface area contributed by atoms with Crippen LogP contribution in [0.5, 0.6) is 0 Å². The smallest absolute Gasteiger partial charge is 0.157 e. The van der Waals surface area contributed by atoms with Crippen LogP contribution < -0.4 is 5.73 Å². The number of hydrogen-bond acceptors (Lipinski definition) is 4. The summed E-state index contributed by atoms with van der Waals surface area (Å²) in [5.41, 5.74) is 6.28. The molecule has 0 aromatic heterocycles. The average Bonchev–Trinajstić information content (AvgIpc) is 2.42. The van der Waals surface area contributed by atoms with Gasteiger partial charge in [-0.05, 0) is 24.5 Å². The summed E-state index contributed by atoms with van der Waals surface area (Å²) >= 11 is 0. The molecule has 0 atom stereocenters. The number of rotatable bonds is 4. The van der Waals surface area contributed by atoms with Crippen molar-refractivity contribution in [2.24, 2.45) is 5.73 Å². The molecule has 19 heavy (non-hydrogen) atoms. The highest BCUT2D eigenvalue weighted by molar-refractivity contribution is 7.91. The summed E-state index contributed by atoms with van der Waals surface area (Å²) in [6, 6.07) is 4.47. The Morgan fingerprint density at radius 1 is 1.32 bits per heavy atom. The Kier molecular flexibility index (Phi) is 4.54. The summed E-state index contributed by atoms with van der Waals surface area (Å²) in [6.45, 7) is 1.15. The SMILES string of the molecule is NCc1ccc(CS(=O)(=O)C2CCOCC2)c(F)c1. The lowest BCUT2D eigenvalue weighted by molar-refractivity contribution is 0.0983. The first kappa shape index (κ1) is 14.4. The van der Waals surface area contributed by atoms with Gasteiger partial charge in [-0.25, -0.2) is 12.8 Å². The van der Waals surface area contributed by atoms with E-state index in [-0.39, 0.29) is 17.9 Å². The fourth-order valence-corrected chi connectivity index (χ4v) is 4.02. The van der Waals surface area contributed by atoms with E-state index in [9.17, 15) is 12.8 Å². The van der Waals surface area contributed by atoms with Crippen molar-refractivity contribution in [3.8, 4) is 0 Å². The minimum absolute atomic E-state index is 0.212. The molecule has 0 unspecified atom stereocenters. The maximum Gasteiger partial charge on any atom is 0.157 e. The van der Waals surface area contributed by atoms with Gasteiger partial charge < -0.3 is 10.5 Å². The molecule has 1 aromatic carbocycles.